The SMILES string of the molecule is CCn1nc(-c2cccnc2N(C)C)nc1C. The van der Waals surface area contributed by atoms with E-state index < -0.39 is 0 Å². The molecule has 0 unspecified atom stereocenters. The fourth-order valence-corrected chi connectivity index (χ4v) is 1.76. The second kappa shape index (κ2) is 4.53. The highest BCUT2D eigenvalue weighted by molar-refractivity contribution is 5.70. The normalized spacial score (nSPS) is 10.6. The summed E-state index contributed by atoms with van der Waals surface area (Å²) >= 11 is 0. The zero-order valence-corrected chi connectivity index (χ0v) is 10.7. The standard InChI is InChI=1S/C12H17N5/c1-5-17-9(2)14-11(15-17)10-7-6-8-13-12(10)16(3)4/h6-8H,5H2,1-4H3. The summed E-state index contributed by atoms with van der Waals surface area (Å²) in [6.45, 7) is 4.85. The molecule has 5 nitrogen and oxygen atoms in total. The highest BCUT2D eigenvalue weighted by Crippen LogP contribution is 2.24. The van der Waals surface area contributed by atoms with Gasteiger partial charge in [-0.3, -0.25) is 4.68 Å². The van der Waals surface area contributed by atoms with Gasteiger partial charge >= 0.3 is 0 Å². The van der Waals surface area contributed by atoms with Crippen molar-refractivity contribution in [3.8, 4) is 11.4 Å². The minimum absolute atomic E-state index is 0.737. The van der Waals surface area contributed by atoms with Crippen LogP contribution in [0.25, 0.3) is 11.4 Å². The molecule has 0 N–H and O–H groups in total. The maximum absolute atomic E-state index is 4.48. The molecule has 0 spiro atoms. The first-order valence-electron chi connectivity index (χ1n) is 5.67. The first-order valence-corrected chi connectivity index (χ1v) is 5.67. The van der Waals surface area contributed by atoms with Gasteiger partial charge in [-0.05, 0) is 26.0 Å². The Labute approximate surface area is 101 Å². The number of aromatic nitrogens is 4. The Balaban J connectivity index is 2.52. The molecule has 5 heteroatoms. The van der Waals surface area contributed by atoms with E-state index in [1.54, 1.807) is 6.20 Å². The Morgan fingerprint density at radius 2 is 2.12 bits per heavy atom. The molecule has 17 heavy (non-hydrogen) atoms. The average Bonchev–Trinajstić information content (AvgIpc) is 2.70. The number of nitrogens with zero attached hydrogens (tertiary/aromatic N) is 5. The van der Waals surface area contributed by atoms with Crippen LogP contribution in [0, 0.1) is 6.92 Å². The smallest absolute Gasteiger partial charge is 0.185 e. The number of hydrogen-bond donors (Lipinski definition) is 0. The Bertz CT molecular complexity index is 515. The van der Waals surface area contributed by atoms with Crippen molar-refractivity contribution in [1.29, 1.82) is 0 Å². The van der Waals surface area contributed by atoms with E-state index >= 15 is 0 Å². The van der Waals surface area contributed by atoms with Crippen molar-refractivity contribution in [2.75, 3.05) is 19.0 Å². The second-order valence-corrected chi connectivity index (χ2v) is 4.07. The third-order valence-electron chi connectivity index (χ3n) is 2.61. The number of hydrogen-bond acceptors (Lipinski definition) is 4. The molecule has 0 saturated heterocycles. The molecule has 0 saturated carbocycles. The fourth-order valence-electron chi connectivity index (χ4n) is 1.76. The molecule has 0 amide bonds. The van der Waals surface area contributed by atoms with Crippen molar-refractivity contribution in [3.05, 3.63) is 24.2 Å². The Kier molecular flexibility index (Phi) is 3.08. The van der Waals surface area contributed by atoms with E-state index in [-0.39, 0.29) is 0 Å². The molecule has 0 aliphatic heterocycles. The predicted molar refractivity (Wildman–Crippen MR) is 68.0 cm³/mol. The number of pyridine rings is 1. The van der Waals surface area contributed by atoms with Crippen LogP contribution in [0.4, 0.5) is 5.82 Å². The molecule has 2 heterocycles. The van der Waals surface area contributed by atoms with Crippen molar-refractivity contribution >= 4 is 5.82 Å². The minimum atomic E-state index is 0.737. The van der Waals surface area contributed by atoms with Gasteiger partial charge in [-0.1, -0.05) is 0 Å². The van der Waals surface area contributed by atoms with E-state index in [1.807, 2.05) is 42.7 Å². The summed E-state index contributed by atoms with van der Waals surface area (Å²) in [7, 11) is 3.94. The van der Waals surface area contributed by atoms with Crippen LogP contribution in [0.2, 0.25) is 0 Å². The molecule has 90 valence electrons. The van der Waals surface area contributed by atoms with E-state index in [2.05, 4.69) is 22.0 Å². The lowest BCUT2D eigenvalue weighted by atomic mass is 10.2. The molecule has 0 bridgehead atoms. The fraction of sp³-hybridized carbons (Fsp3) is 0.417. The maximum atomic E-state index is 4.48. The van der Waals surface area contributed by atoms with Gasteiger partial charge in [0.15, 0.2) is 5.82 Å². The van der Waals surface area contributed by atoms with Crippen molar-refractivity contribution in [1.82, 2.24) is 19.7 Å². The van der Waals surface area contributed by atoms with Crippen LogP contribution in [0.1, 0.15) is 12.7 Å². The lowest BCUT2D eigenvalue weighted by Crippen LogP contribution is -2.12. The Hall–Kier alpha value is -1.91. The summed E-state index contributed by atoms with van der Waals surface area (Å²) in [4.78, 5) is 10.8. The zero-order chi connectivity index (χ0) is 12.4. The molecule has 2 aromatic heterocycles. The molecule has 0 aliphatic carbocycles. The van der Waals surface area contributed by atoms with Crippen molar-refractivity contribution in [3.63, 3.8) is 0 Å². The number of rotatable bonds is 3. The molecule has 2 rings (SSSR count). The van der Waals surface area contributed by atoms with Gasteiger partial charge in [0.2, 0.25) is 0 Å². The summed E-state index contributed by atoms with van der Waals surface area (Å²) in [5.74, 6) is 2.55. The molecular formula is C12H17N5. The van der Waals surface area contributed by atoms with E-state index in [1.165, 1.54) is 0 Å². The third kappa shape index (κ3) is 2.13. The van der Waals surface area contributed by atoms with Crippen LogP contribution in [-0.2, 0) is 6.54 Å². The molecule has 0 radical (unpaired) electrons. The van der Waals surface area contributed by atoms with E-state index in [9.17, 15) is 0 Å². The third-order valence-corrected chi connectivity index (χ3v) is 2.61. The highest BCUT2D eigenvalue weighted by atomic mass is 15.3. The van der Waals surface area contributed by atoms with Gasteiger partial charge in [0.25, 0.3) is 0 Å². The molecular weight excluding hydrogens is 214 g/mol. The molecule has 0 atom stereocenters. The first-order chi connectivity index (χ1) is 8.13. The zero-order valence-electron chi connectivity index (χ0n) is 10.7. The summed E-state index contributed by atoms with van der Waals surface area (Å²) in [6, 6.07) is 3.90. The van der Waals surface area contributed by atoms with Crippen LogP contribution < -0.4 is 4.90 Å². The minimum Gasteiger partial charge on any atom is -0.362 e. The van der Waals surface area contributed by atoms with Gasteiger partial charge in [0.05, 0.1) is 5.56 Å². The van der Waals surface area contributed by atoms with E-state index in [0.29, 0.717) is 0 Å². The highest BCUT2D eigenvalue weighted by Gasteiger charge is 2.13. The lowest BCUT2D eigenvalue weighted by molar-refractivity contribution is 0.637. The quantitative estimate of drug-likeness (QED) is 0.807. The summed E-state index contributed by atoms with van der Waals surface area (Å²) < 4.78 is 1.89. The van der Waals surface area contributed by atoms with Gasteiger partial charge < -0.3 is 4.90 Å². The predicted octanol–water partition coefficient (Wildman–Crippen LogP) is 1.73. The van der Waals surface area contributed by atoms with Gasteiger partial charge in [0.1, 0.15) is 11.6 Å². The van der Waals surface area contributed by atoms with Crippen LogP contribution >= 0.6 is 0 Å². The number of aryl methyl sites for hydroxylation is 2. The lowest BCUT2D eigenvalue weighted by Gasteiger charge is -2.13. The average molecular weight is 231 g/mol. The molecule has 2 aromatic rings. The molecule has 0 aromatic carbocycles. The summed E-state index contributed by atoms with van der Waals surface area (Å²) in [5.41, 5.74) is 0.966. The van der Waals surface area contributed by atoms with E-state index in [4.69, 9.17) is 0 Å². The van der Waals surface area contributed by atoms with Crippen molar-refractivity contribution in [2.24, 2.45) is 0 Å². The van der Waals surface area contributed by atoms with Crippen LogP contribution in [-0.4, -0.2) is 33.8 Å². The van der Waals surface area contributed by atoms with Crippen molar-refractivity contribution < 1.29 is 0 Å². The molecule has 0 aliphatic rings. The monoisotopic (exact) mass is 231 g/mol. The van der Waals surface area contributed by atoms with Crippen LogP contribution in [0.15, 0.2) is 18.3 Å². The first kappa shape index (κ1) is 11.6. The topological polar surface area (TPSA) is 46.8 Å². The molecule has 0 fully saturated rings. The number of anilines is 1. The van der Waals surface area contributed by atoms with Crippen molar-refractivity contribution in [2.45, 2.75) is 20.4 Å². The van der Waals surface area contributed by atoms with Gasteiger partial charge in [0, 0.05) is 26.8 Å². The largest absolute Gasteiger partial charge is 0.362 e. The van der Waals surface area contributed by atoms with E-state index in [0.717, 1.165) is 29.6 Å². The van der Waals surface area contributed by atoms with Crippen LogP contribution in [0.5, 0.6) is 0 Å². The second-order valence-electron chi connectivity index (χ2n) is 4.07. The maximum Gasteiger partial charge on any atom is 0.185 e. The Morgan fingerprint density at radius 3 is 2.71 bits per heavy atom. The van der Waals surface area contributed by atoms with Crippen LogP contribution in [0.3, 0.4) is 0 Å². The van der Waals surface area contributed by atoms with Gasteiger partial charge in [-0.2, -0.15) is 5.10 Å². The van der Waals surface area contributed by atoms with Gasteiger partial charge in [-0.25, -0.2) is 9.97 Å². The summed E-state index contributed by atoms with van der Waals surface area (Å²) in [5, 5.41) is 4.48. The Morgan fingerprint density at radius 1 is 1.35 bits per heavy atom. The summed E-state index contributed by atoms with van der Waals surface area (Å²) in [6.07, 6.45) is 1.78. The van der Waals surface area contributed by atoms with Gasteiger partial charge in [-0.15, -0.1) is 0 Å².